The zero-order chi connectivity index (χ0) is 17.6. The van der Waals surface area contributed by atoms with Gasteiger partial charge in [0.2, 0.25) is 11.8 Å². The molecular formula is C17H28N4O3. The highest BCUT2D eigenvalue weighted by Gasteiger charge is 2.29. The van der Waals surface area contributed by atoms with Gasteiger partial charge in [0.25, 0.3) is 0 Å². The summed E-state index contributed by atoms with van der Waals surface area (Å²) in [4.78, 5) is 25.8. The van der Waals surface area contributed by atoms with E-state index in [9.17, 15) is 14.7 Å². The maximum Gasteiger partial charge on any atom is 0.247 e. The molecule has 0 aliphatic heterocycles. The third-order valence-corrected chi connectivity index (χ3v) is 4.68. The van der Waals surface area contributed by atoms with E-state index in [2.05, 4.69) is 10.4 Å². The Bertz CT molecular complexity index is 536. The van der Waals surface area contributed by atoms with E-state index < -0.39 is 11.6 Å². The van der Waals surface area contributed by atoms with Gasteiger partial charge >= 0.3 is 0 Å². The molecule has 7 nitrogen and oxygen atoms in total. The maximum atomic E-state index is 12.3. The highest BCUT2D eigenvalue weighted by molar-refractivity contribution is 5.86. The van der Waals surface area contributed by atoms with Crippen molar-refractivity contribution >= 4 is 11.8 Å². The van der Waals surface area contributed by atoms with E-state index in [-0.39, 0.29) is 24.9 Å². The summed E-state index contributed by atoms with van der Waals surface area (Å²) in [5, 5.41) is 17.4. The van der Waals surface area contributed by atoms with Crippen LogP contribution in [0.15, 0.2) is 18.5 Å². The highest BCUT2D eigenvalue weighted by Crippen LogP contribution is 2.26. The molecule has 1 fully saturated rings. The molecule has 2 N–H and O–H groups in total. The molecule has 0 spiro atoms. The van der Waals surface area contributed by atoms with Crippen LogP contribution in [0.3, 0.4) is 0 Å². The van der Waals surface area contributed by atoms with Crippen LogP contribution in [0, 0.1) is 0 Å². The van der Waals surface area contributed by atoms with Crippen LogP contribution >= 0.6 is 0 Å². The van der Waals surface area contributed by atoms with Crippen LogP contribution in [0.4, 0.5) is 0 Å². The van der Waals surface area contributed by atoms with Gasteiger partial charge in [0.1, 0.15) is 6.04 Å². The number of hydrogen-bond donors (Lipinski definition) is 2. The average molecular weight is 336 g/mol. The standard InChI is InChI=1S/C17H28N4O3/c1-14(21-11-7-10-19-21)16(23)20(2)12-15(22)18-13-17(24)8-5-3-4-6-9-17/h7,10-11,14,24H,3-6,8-9,12-13H2,1-2H3,(H,18,22)/t14-/m1/s1. The van der Waals surface area contributed by atoms with Crippen molar-refractivity contribution in [2.24, 2.45) is 0 Å². The third kappa shape index (κ3) is 5.06. The molecular weight excluding hydrogens is 308 g/mol. The van der Waals surface area contributed by atoms with Crippen LogP contribution in [0.5, 0.6) is 0 Å². The van der Waals surface area contributed by atoms with Gasteiger partial charge in [-0.05, 0) is 25.8 Å². The first-order valence-electron chi connectivity index (χ1n) is 8.64. The summed E-state index contributed by atoms with van der Waals surface area (Å²) in [6.45, 7) is 1.97. The Hall–Kier alpha value is -1.89. The fourth-order valence-electron chi connectivity index (χ4n) is 3.12. The topological polar surface area (TPSA) is 87.5 Å². The molecule has 0 aromatic carbocycles. The molecule has 1 aliphatic rings. The van der Waals surface area contributed by atoms with Crippen molar-refractivity contribution in [3.8, 4) is 0 Å². The molecule has 0 radical (unpaired) electrons. The summed E-state index contributed by atoms with van der Waals surface area (Å²) in [5.41, 5.74) is -0.808. The van der Waals surface area contributed by atoms with Crippen LogP contribution in [-0.4, -0.2) is 57.3 Å². The molecule has 134 valence electrons. The number of likely N-dealkylation sites (N-methyl/N-ethyl adjacent to an activating group) is 1. The molecule has 1 saturated carbocycles. The first-order chi connectivity index (χ1) is 11.4. The maximum absolute atomic E-state index is 12.3. The second-order valence-electron chi connectivity index (χ2n) is 6.77. The Labute approximate surface area is 143 Å². The summed E-state index contributed by atoms with van der Waals surface area (Å²) >= 11 is 0. The van der Waals surface area contributed by atoms with Gasteiger partial charge in [-0.2, -0.15) is 5.10 Å². The summed E-state index contributed by atoms with van der Waals surface area (Å²) in [5.74, 6) is -0.432. The second kappa shape index (κ2) is 8.28. The van der Waals surface area contributed by atoms with Crippen LogP contribution in [0.2, 0.25) is 0 Å². The van der Waals surface area contributed by atoms with Crippen molar-refractivity contribution in [1.82, 2.24) is 20.0 Å². The molecule has 0 saturated heterocycles. The second-order valence-corrected chi connectivity index (χ2v) is 6.77. The van der Waals surface area contributed by atoms with Gasteiger partial charge in [0.15, 0.2) is 0 Å². The Morgan fingerprint density at radius 2 is 2.00 bits per heavy atom. The smallest absolute Gasteiger partial charge is 0.247 e. The van der Waals surface area contributed by atoms with E-state index in [0.717, 1.165) is 38.5 Å². The summed E-state index contributed by atoms with van der Waals surface area (Å²) < 4.78 is 1.56. The molecule has 1 aromatic rings. The third-order valence-electron chi connectivity index (χ3n) is 4.68. The quantitative estimate of drug-likeness (QED) is 0.762. The Morgan fingerprint density at radius 1 is 1.33 bits per heavy atom. The average Bonchev–Trinajstić information content (AvgIpc) is 3.01. The summed E-state index contributed by atoms with van der Waals surface area (Å²) in [6, 6.07) is 1.30. The lowest BCUT2D eigenvalue weighted by atomic mass is 9.94. The SMILES string of the molecule is C[C@H](C(=O)N(C)CC(=O)NCC1(O)CCCCCC1)n1cccn1. The number of nitrogens with zero attached hydrogens (tertiary/aromatic N) is 3. The highest BCUT2D eigenvalue weighted by atomic mass is 16.3. The summed E-state index contributed by atoms with van der Waals surface area (Å²) in [6.07, 6.45) is 9.04. The van der Waals surface area contributed by atoms with Gasteiger partial charge in [-0.1, -0.05) is 25.7 Å². The Morgan fingerprint density at radius 3 is 2.58 bits per heavy atom. The fourth-order valence-corrected chi connectivity index (χ4v) is 3.12. The predicted molar refractivity (Wildman–Crippen MR) is 90.2 cm³/mol. The number of nitrogens with one attached hydrogen (secondary N) is 1. The molecule has 24 heavy (non-hydrogen) atoms. The first-order valence-corrected chi connectivity index (χ1v) is 8.64. The number of amides is 2. The predicted octanol–water partition coefficient (Wildman–Crippen LogP) is 1.10. The van der Waals surface area contributed by atoms with Crippen molar-refractivity contribution in [2.75, 3.05) is 20.1 Å². The molecule has 7 heteroatoms. The van der Waals surface area contributed by atoms with E-state index >= 15 is 0 Å². The van der Waals surface area contributed by atoms with Crippen molar-refractivity contribution in [3.63, 3.8) is 0 Å². The van der Waals surface area contributed by atoms with E-state index in [1.54, 1.807) is 37.1 Å². The molecule has 0 unspecified atom stereocenters. The molecule has 0 bridgehead atoms. The van der Waals surface area contributed by atoms with Crippen LogP contribution < -0.4 is 5.32 Å². The number of carbonyl (C=O) groups is 2. The largest absolute Gasteiger partial charge is 0.388 e. The van der Waals surface area contributed by atoms with Crippen molar-refractivity contribution < 1.29 is 14.7 Å². The molecule has 2 amide bonds. The molecule has 1 heterocycles. The normalized spacial score (nSPS) is 18.5. The zero-order valence-corrected chi connectivity index (χ0v) is 14.6. The van der Waals surface area contributed by atoms with E-state index in [0.29, 0.717) is 0 Å². The van der Waals surface area contributed by atoms with Gasteiger partial charge in [-0.25, -0.2) is 0 Å². The molecule has 1 aliphatic carbocycles. The fraction of sp³-hybridized carbons (Fsp3) is 0.706. The molecule has 2 rings (SSSR count). The van der Waals surface area contributed by atoms with Crippen molar-refractivity contribution in [1.29, 1.82) is 0 Å². The number of rotatable bonds is 6. The minimum Gasteiger partial charge on any atom is -0.388 e. The molecule has 1 atom stereocenters. The van der Waals surface area contributed by atoms with Crippen LogP contribution in [0.25, 0.3) is 0 Å². The minimum atomic E-state index is -0.808. The summed E-state index contributed by atoms with van der Waals surface area (Å²) in [7, 11) is 1.60. The lowest BCUT2D eigenvalue weighted by molar-refractivity contribution is -0.137. The Balaban J connectivity index is 1.79. The molecule has 1 aromatic heterocycles. The number of hydrogen-bond acceptors (Lipinski definition) is 4. The zero-order valence-electron chi connectivity index (χ0n) is 14.6. The van der Waals surface area contributed by atoms with E-state index in [1.165, 1.54) is 4.90 Å². The van der Waals surface area contributed by atoms with Crippen LogP contribution in [0.1, 0.15) is 51.5 Å². The van der Waals surface area contributed by atoms with Crippen molar-refractivity contribution in [3.05, 3.63) is 18.5 Å². The number of aliphatic hydroxyl groups is 1. The van der Waals surface area contributed by atoms with Gasteiger partial charge in [-0.3, -0.25) is 14.3 Å². The van der Waals surface area contributed by atoms with Crippen LogP contribution in [-0.2, 0) is 9.59 Å². The van der Waals surface area contributed by atoms with Gasteiger partial charge in [0, 0.05) is 26.0 Å². The Kier molecular flexibility index (Phi) is 6.36. The number of aromatic nitrogens is 2. The van der Waals surface area contributed by atoms with E-state index in [4.69, 9.17) is 0 Å². The lowest BCUT2D eigenvalue weighted by Gasteiger charge is -2.27. The minimum absolute atomic E-state index is 0.0273. The number of carbonyl (C=O) groups excluding carboxylic acids is 2. The first kappa shape index (κ1) is 18.4. The lowest BCUT2D eigenvalue weighted by Crippen LogP contribution is -2.46. The van der Waals surface area contributed by atoms with Gasteiger partial charge in [0.05, 0.1) is 12.1 Å². The van der Waals surface area contributed by atoms with E-state index in [1.807, 2.05) is 0 Å². The van der Waals surface area contributed by atoms with Gasteiger partial charge < -0.3 is 15.3 Å². The van der Waals surface area contributed by atoms with Crippen molar-refractivity contribution in [2.45, 2.75) is 57.1 Å². The van der Waals surface area contributed by atoms with Gasteiger partial charge in [-0.15, -0.1) is 0 Å². The monoisotopic (exact) mass is 336 g/mol.